The summed E-state index contributed by atoms with van der Waals surface area (Å²) in [6.45, 7) is 4.46. The molecule has 4 aliphatic rings. The molecule has 1 aromatic rings. The number of esters is 1. The number of aliphatic hydroxyl groups excluding tert-OH is 1. The van der Waals surface area contributed by atoms with Crippen LogP contribution < -0.4 is 10.1 Å². The number of allylic oxidation sites excluding steroid dienone is 4. The third kappa shape index (κ3) is 8.14. The predicted octanol–water partition coefficient (Wildman–Crippen LogP) is 3.16. The van der Waals surface area contributed by atoms with Crippen molar-refractivity contribution in [3.8, 4) is 5.75 Å². The van der Waals surface area contributed by atoms with Crippen LogP contribution in [-0.4, -0.2) is 93.2 Å². The van der Waals surface area contributed by atoms with Crippen LogP contribution in [0.2, 0.25) is 0 Å². The van der Waals surface area contributed by atoms with Gasteiger partial charge in [-0.3, -0.25) is 29.6 Å². The van der Waals surface area contributed by atoms with Gasteiger partial charge in [0.2, 0.25) is 11.7 Å². The molecule has 0 aliphatic heterocycles. The topological polar surface area (TPSA) is 218 Å². The van der Waals surface area contributed by atoms with E-state index in [9.17, 15) is 34.2 Å². The van der Waals surface area contributed by atoms with E-state index in [1.54, 1.807) is 24.3 Å². The molecule has 15 heteroatoms. The van der Waals surface area contributed by atoms with Crippen LogP contribution in [-0.2, 0) is 39.9 Å². The third-order valence-corrected chi connectivity index (χ3v) is 11.6. The fourth-order valence-electron chi connectivity index (χ4n) is 9.15. The van der Waals surface area contributed by atoms with E-state index in [4.69, 9.17) is 24.6 Å². The summed E-state index contributed by atoms with van der Waals surface area (Å²) < 4.78 is 15.6. The number of Topliss-reactive ketones (excluding diaryl/α,β-unsaturated/α-hetero) is 1. The van der Waals surface area contributed by atoms with Crippen molar-refractivity contribution in [3.05, 3.63) is 53.6 Å². The number of aliphatic hydroxyl groups is 2. The molecular formula is C37H48N2O13. The first kappa shape index (κ1) is 39.2. The molecule has 15 nitrogen and oxygen atoms in total. The lowest BCUT2D eigenvalue weighted by Gasteiger charge is -2.59. The number of fused-ring (bicyclic) bond motifs is 5. The Balaban J connectivity index is 1.13. The van der Waals surface area contributed by atoms with Gasteiger partial charge in [0.1, 0.15) is 17.4 Å². The molecule has 5 rings (SSSR count). The summed E-state index contributed by atoms with van der Waals surface area (Å²) in [6.07, 6.45) is 6.39. The molecule has 284 valence electrons. The van der Waals surface area contributed by atoms with Crippen LogP contribution >= 0.6 is 0 Å². The maximum Gasteiger partial charge on any atom is 0.514 e. The van der Waals surface area contributed by atoms with Gasteiger partial charge in [0.15, 0.2) is 12.4 Å². The molecule has 0 aromatic heterocycles. The highest BCUT2D eigenvalue weighted by molar-refractivity contribution is 6.01. The van der Waals surface area contributed by atoms with Gasteiger partial charge in [0.05, 0.1) is 24.7 Å². The Morgan fingerprint density at radius 3 is 2.44 bits per heavy atom. The van der Waals surface area contributed by atoms with Crippen LogP contribution in [0.15, 0.2) is 48.1 Å². The number of amides is 1. The molecule has 1 amide bonds. The second-order valence-corrected chi connectivity index (χ2v) is 14.7. The van der Waals surface area contributed by atoms with Gasteiger partial charge in [0.25, 0.3) is 0 Å². The van der Waals surface area contributed by atoms with E-state index in [0.717, 1.165) is 12.0 Å². The van der Waals surface area contributed by atoms with Crippen molar-refractivity contribution in [2.45, 2.75) is 89.9 Å². The quantitative estimate of drug-likeness (QED) is 0.0805. The Hall–Kier alpha value is -3.99. The summed E-state index contributed by atoms with van der Waals surface area (Å²) in [6, 6.07) is 5.08. The van der Waals surface area contributed by atoms with Gasteiger partial charge in [-0.25, -0.2) is 9.59 Å². The highest BCUT2D eigenvalue weighted by atomic mass is 17.1. The van der Waals surface area contributed by atoms with Gasteiger partial charge in [-0.1, -0.05) is 37.6 Å². The van der Waals surface area contributed by atoms with E-state index in [1.807, 2.05) is 13.0 Å². The molecule has 3 saturated carbocycles. The molecule has 3 fully saturated rings. The molecule has 1 aromatic carbocycles. The number of carbonyl (C=O) groups is 5. The van der Waals surface area contributed by atoms with Crippen molar-refractivity contribution in [3.63, 3.8) is 0 Å². The number of hydrogen-bond donors (Lipinski definition) is 5. The van der Waals surface area contributed by atoms with Crippen LogP contribution in [0.5, 0.6) is 5.75 Å². The van der Waals surface area contributed by atoms with Crippen molar-refractivity contribution in [1.29, 1.82) is 0 Å². The molecule has 0 spiro atoms. The standard InChI is InChI=1S/C37H48N2O13/c1-22(40)38-29(33(44)49-16-4-5-17-51-39(47)48)18-23-6-9-26(10-7-23)52-34(45)50-21-31(43)37(46)15-13-28-27-11-8-24-19-25(41)12-14-35(24,2)32(27)30(42)20-36(28,37)3/h6-7,9-10,12,14,19,27-30,32,42,46-48H,4-5,8,11,13,15-18,20-21H2,1-3H3,(H,38,40)/t27-,28-,29-,30-,32?,35-,36-,37-/m0/s1. The Labute approximate surface area is 301 Å². The number of rotatable bonds is 14. The Kier molecular flexibility index (Phi) is 12.0. The molecule has 8 atom stereocenters. The summed E-state index contributed by atoms with van der Waals surface area (Å²) in [4.78, 5) is 67.0. The van der Waals surface area contributed by atoms with Gasteiger partial charge >= 0.3 is 12.1 Å². The molecule has 52 heavy (non-hydrogen) atoms. The monoisotopic (exact) mass is 728 g/mol. The normalized spacial score (nSPS) is 31.1. The van der Waals surface area contributed by atoms with Gasteiger partial charge in [-0.15, -0.1) is 0 Å². The third-order valence-electron chi connectivity index (χ3n) is 11.6. The van der Waals surface area contributed by atoms with Crippen molar-refractivity contribution >= 4 is 29.6 Å². The zero-order valence-electron chi connectivity index (χ0n) is 29.6. The highest BCUT2D eigenvalue weighted by Gasteiger charge is 2.68. The Bertz CT molecular complexity index is 1590. The lowest BCUT2D eigenvalue weighted by molar-refractivity contribution is -0.492. The first-order valence-electron chi connectivity index (χ1n) is 17.6. The average Bonchev–Trinajstić information content (AvgIpc) is 3.35. The van der Waals surface area contributed by atoms with Gasteiger partial charge < -0.3 is 29.7 Å². The molecule has 1 unspecified atom stereocenters. The number of unbranched alkanes of at least 4 members (excludes halogenated alkanes) is 1. The molecule has 4 aliphatic carbocycles. The smallest absolute Gasteiger partial charge is 0.464 e. The number of ether oxygens (including phenoxy) is 3. The minimum absolute atomic E-state index is 0.00524. The summed E-state index contributed by atoms with van der Waals surface area (Å²) in [5.41, 5.74) is -1.61. The van der Waals surface area contributed by atoms with Crippen LogP contribution in [0.3, 0.4) is 0 Å². The van der Waals surface area contributed by atoms with Gasteiger partial charge in [0, 0.05) is 30.1 Å². The highest BCUT2D eigenvalue weighted by Crippen LogP contribution is 2.67. The van der Waals surface area contributed by atoms with Gasteiger partial charge in [-0.05, 0) is 86.6 Å². The molecule has 0 radical (unpaired) electrons. The summed E-state index contributed by atoms with van der Waals surface area (Å²) >= 11 is 0. The molecule has 5 N–H and O–H groups in total. The van der Waals surface area contributed by atoms with E-state index in [1.165, 1.54) is 19.1 Å². The van der Waals surface area contributed by atoms with E-state index in [-0.39, 0.29) is 61.8 Å². The van der Waals surface area contributed by atoms with E-state index >= 15 is 0 Å². The second-order valence-electron chi connectivity index (χ2n) is 14.7. The summed E-state index contributed by atoms with van der Waals surface area (Å²) in [5.74, 6) is -1.90. The number of hydrogen-bond acceptors (Lipinski definition) is 14. The van der Waals surface area contributed by atoms with Crippen LogP contribution in [0.1, 0.15) is 71.3 Å². The van der Waals surface area contributed by atoms with Crippen molar-refractivity contribution in [2.75, 3.05) is 19.8 Å². The van der Waals surface area contributed by atoms with Crippen LogP contribution in [0.25, 0.3) is 0 Å². The Morgan fingerprint density at radius 1 is 1.04 bits per heavy atom. The molecule has 0 bridgehead atoms. The number of carbonyl (C=O) groups excluding carboxylic acids is 5. The summed E-state index contributed by atoms with van der Waals surface area (Å²) in [5, 5.41) is 42.7. The zero-order chi connectivity index (χ0) is 37.8. The molecule has 0 heterocycles. The minimum atomic E-state index is -1.82. The maximum atomic E-state index is 13.6. The second kappa shape index (κ2) is 15.9. The fraction of sp³-hybridized carbons (Fsp3) is 0.595. The first-order chi connectivity index (χ1) is 24.6. The van der Waals surface area contributed by atoms with Crippen LogP contribution in [0, 0.1) is 28.6 Å². The largest absolute Gasteiger partial charge is 0.514 e. The predicted molar refractivity (Wildman–Crippen MR) is 179 cm³/mol. The minimum Gasteiger partial charge on any atom is -0.464 e. The number of nitrogens with one attached hydrogen (secondary N) is 1. The van der Waals surface area contributed by atoms with E-state index in [0.29, 0.717) is 31.2 Å². The van der Waals surface area contributed by atoms with Crippen molar-refractivity contribution in [2.24, 2.45) is 28.6 Å². The lowest BCUT2D eigenvalue weighted by atomic mass is 9.46. The van der Waals surface area contributed by atoms with E-state index < -0.39 is 64.4 Å². The van der Waals surface area contributed by atoms with Gasteiger partial charge in [-0.2, -0.15) is 0 Å². The number of nitrogens with zero attached hydrogens (tertiary/aromatic N) is 1. The van der Waals surface area contributed by atoms with E-state index in [2.05, 4.69) is 17.1 Å². The number of benzene rings is 1. The van der Waals surface area contributed by atoms with Crippen LogP contribution in [0.4, 0.5) is 4.79 Å². The zero-order valence-corrected chi connectivity index (χ0v) is 29.6. The fourth-order valence-corrected chi connectivity index (χ4v) is 9.15. The average molecular weight is 729 g/mol. The maximum absolute atomic E-state index is 13.6. The number of ketones is 2. The Morgan fingerprint density at radius 2 is 1.75 bits per heavy atom. The molecule has 0 saturated heterocycles. The first-order valence-corrected chi connectivity index (χ1v) is 17.6. The van der Waals surface area contributed by atoms with Crippen molar-refractivity contribution in [1.82, 2.24) is 10.7 Å². The summed E-state index contributed by atoms with van der Waals surface area (Å²) in [7, 11) is 0. The SMILES string of the molecule is CC(=O)N[C@@H](Cc1ccc(OC(=O)OCC(=O)[C@@]2(O)CC[C@H]3[C@@H]4CCC5=CC(=O)C=C[C@]5(C)C4[C@@H](O)C[C@@]32C)cc1)C(=O)OCCCCON(O)O. The lowest BCUT2D eigenvalue weighted by Crippen LogP contribution is -2.61. The molecular weight excluding hydrogens is 680 g/mol. The van der Waals surface area contributed by atoms with Crippen molar-refractivity contribution < 1.29 is 63.6 Å².